The highest BCUT2D eigenvalue weighted by Crippen LogP contribution is 2.35. The lowest BCUT2D eigenvalue weighted by molar-refractivity contribution is -0.155. The molecule has 2 saturated heterocycles. The van der Waals surface area contributed by atoms with E-state index in [2.05, 4.69) is 53.3 Å². The fourth-order valence-corrected chi connectivity index (χ4v) is 5.78. The Labute approximate surface area is 252 Å². The number of nitrogens with zero attached hydrogens (tertiary/aromatic N) is 8. The van der Waals surface area contributed by atoms with E-state index in [-0.39, 0.29) is 18.3 Å². The van der Waals surface area contributed by atoms with Crippen molar-refractivity contribution in [2.24, 2.45) is 0 Å². The average Bonchev–Trinajstić information content (AvgIpc) is 3.59. The summed E-state index contributed by atoms with van der Waals surface area (Å²) in [7, 11) is 0. The molecule has 4 aromatic rings. The van der Waals surface area contributed by atoms with Crippen LogP contribution in [0, 0.1) is 0 Å². The Morgan fingerprint density at radius 1 is 0.767 bits per heavy atom. The summed E-state index contributed by atoms with van der Waals surface area (Å²) in [6, 6.07) is 18.1. The van der Waals surface area contributed by atoms with Crippen LogP contribution in [-0.4, -0.2) is 83.5 Å². The van der Waals surface area contributed by atoms with Gasteiger partial charge in [-0.1, -0.05) is 23.4 Å². The third kappa shape index (κ3) is 8.27. The molecule has 226 valence electrons. The van der Waals surface area contributed by atoms with Gasteiger partial charge in [0.2, 0.25) is 0 Å². The molecule has 2 aliphatic heterocycles. The van der Waals surface area contributed by atoms with E-state index in [4.69, 9.17) is 14.2 Å². The molecule has 4 aromatic heterocycles. The smallest absolute Gasteiger partial charge is 0.163 e. The first-order valence-corrected chi connectivity index (χ1v) is 15.0. The number of ether oxygens (including phenoxy) is 3. The van der Waals surface area contributed by atoms with Gasteiger partial charge in [0, 0.05) is 70.7 Å². The molecular formula is C32H40N8O3. The minimum Gasteiger partial charge on any atom is -0.373 e. The molecule has 2 fully saturated rings. The molecule has 11 heteroatoms. The minimum atomic E-state index is -0.595. The van der Waals surface area contributed by atoms with Gasteiger partial charge in [-0.25, -0.2) is 4.68 Å². The first-order valence-electron chi connectivity index (χ1n) is 15.0. The SMILES string of the molecule is CC1(C)O[C@H]2[C@@H](Cn3cc(CN(CCN(Cc4ccccn4)Cc4ccccn4)Cc4ccccn4)nn3)OCC[C@H]2O1. The predicted molar refractivity (Wildman–Crippen MR) is 159 cm³/mol. The van der Waals surface area contributed by atoms with Crippen molar-refractivity contribution >= 4 is 0 Å². The van der Waals surface area contributed by atoms with E-state index in [0.717, 1.165) is 55.4 Å². The van der Waals surface area contributed by atoms with Crippen LogP contribution in [0.3, 0.4) is 0 Å². The summed E-state index contributed by atoms with van der Waals surface area (Å²) in [6.07, 6.45) is 8.18. The van der Waals surface area contributed by atoms with Crippen LogP contribution in [-0.2, 0) is 46.9 Å². The second kappa shape index (κ2) is 13.8. The Hall–Kier alpha value is -3.61. The van der Waals surface area contributed by atoms with E-state index in [1.54, 1.807) is 0 Å². The van der Waals surface area contributed by atoms with Gasteiger partial charge in [0.1, 0.15) is 12.2 Å². The Kier molecular flexibility index (Phi) is 9.45. The van der Waals surface area contributed by atoms with E-state index in [9.17, 15) is 0 Å². The lowest BCUT2D eigenvalue weighted by atomic mass is 10.0. The minimum absolute atomic E-state index is 0.0470. The number of fused-ring (bicyclic) bond motifs is 1. The molecule has 11 nitrogen and oxygen atoms in total. The normalized spacial score (nSPS) is 21.3. The van der Waals surface area contributed by atoms with Crippen molar-refractivity contribution in [3.63, 3.8) is 0 Å². The van der Waals surface area contributed by atoms with Crippen LogP contribution in [0.5, 0.6) is 0 Å². The van der Waals surface area contributed by atoms with E-state index >= 15 is 0 Å². The summed E-state index contributed by atoms with van der Waals surface area (Å²) < 4.78 is 20.2. The molecule has 43 heavy (non-hydrogen) atoms. The van der Waals surface area contributed by atoms with Crippen molar-refractivity contribution < 1.29 is 14.2 Å². The van der Waals surface area contributed by atoms with Crippen molar-refractivity contribution in [3.05, 3.63) is 102 Å². The molecule has 0 spiro atoms. The van der Waals surface area contributed by atoms with Crippen LogP contribution in [0.15, 0.2) is 79.4 Å². The number of hydrogen-bond donors (Lipinski definition) is 0. The van der Waals surface area contributed by atoms with E-state index in [1.807, 2.05) is 79.7 Å². The van der Waals surface area contributed by atoms with Gasteiger partial charge < -0.3 is 14.2 Å². The molecule has 6 heterocycles. The molecule has 0 amide bonds. The summed E-state index contributed by atoms with van der Waals surface area (Å²) in [5.41, 5.74) is 3.97. The summed E-state index contributed by atoms with van der Waals surface area (Å²) in [6.45, 7) is 9.56. The number of aromatic nitrogens is 6. The summed E-state index contributed by atoms with van der Waals surface area (Å²) >= 11 is 0. The zero-order chi connectivity index (χ0) is 29.5. The maximum Gasteiger partial charge on any atom is 0.163 e. The van der Waals surface area contributed by atoms with Gasteiger partial charge in [-0.2, -0.15) is 0 Å². The Morgan fingerprint density at radius 3 is 1.86 bits per heavy atom. The van der Waals surface area contributed by atoms with Crippen molar-refractivity contribution in [2.75, 3.05) is 19.7 Å². The van der Waals surface area contributed by atoms with E-state index < -0.39 is 5.79 Å². The highest BCUT2D eigenvalue weighted by atomic mass is 16.8. The lowest BCUT2D eigenvalue weighted by Crippen LogP contribution is -2.45. The third-order valence-electron chi connectivity index (χ3n) is 7.73. The van der Waals surface area contributed by atoms with Crippen LogP contribution >= 0.6 is 0 Å². The molecule has 0 unspecified atom stereocenters. The van der Waals surface area contributed by atoms with Crippen LogP contribution in [0.4, 0.5) is 0 Å². The largest absolute Gasteiger partial charge is 0.373 e. The van der Waals surface area contributed by atoms with Gasteiger partial charge in [0.05, 0.1) is 35.4 Å². The van der Waals surface area contributed by atoms with Gasteiger partial charge in [0.25, 0.3) is 0 Å². The third-order valence-corrected chi connectivity index (χ3v) is 7.73. The topological polar surface area (TPSA) is 104 Å². The van der Waals surface area contributed by atoms with Crippen molar-refractivity contribution in [3.8, 4) is 0 Å². The first kappa shape index (κ1) is 29.5. The molecule has 0 saturated carbocycles. The molecule has 3 atom stereocenters. The fraction of sp³-hybridized carbons (Fsp3) is 0.469. The number of pyridine rings is 3. The summed E-state index contributed by atoms with van der Waals surface area (Å²) in [5.74, 6) is -0.595. The van der Waals surface area contributed by atoms with Gasteiger partial charge in [0.15, 0.2) is 5.79 Å². The Morgan fingerprint density at radius 2 is 1.33 bits per heavy atom. The predicted octanol–water partition coefficient (Wildman–Crippen LogP) is 3.48. The first-order chi connectivity index (χ1) is 21.0. The molecule has 2 aliphatic rings. The zero-order valence-corrected chi connectivity index (χ0v) is 24.9. The second-order valence-electron chi connectivity index (χ2n) is 11.7. The molecule has 0 aromatic carbocycles. The van der Waals surface area contributed by atoms with Crippen LogP contribution < -0.4 is 0 Å². The van der Waals surface area contributed by atoms with Crippen LogP contribution in [0.25, 0.3) is 0 Å². The molecule has 0 aliphatic carbocycles. The fourth-order valence-electron chi connectivity index (χ4n) is 5.78. The van der Waals surface area contributed by atoms with Crippen LogP contribution in [0.2, 0.25) is 0 Å². The molecule has 6 rings (SSSR count). The average molecular weight is 585 g/mol. The highest BCUT2D eigenvalue weighted by Gasteiger charge is 2.47. The molecular weight excluding hydrogens is 544 g/mol. The second-order valence-corrected chi connectivity index (χ2v) is 11.7. The Bertz CT molecular complexity index is 1360. The maximum absolute atomic E-state index is 6.18. The molecule has 0 bridgehead atoms. The van der Waals surface area contributed by atoms with Gasteiger partial charge in [-0.3, -0.25) is 24.8 Å². The van der Waals surface area contributed by atoms with Crippen LogP contribution in [0.1, 0.15) is 43.0 Å². The van der Waals surface area contributed by atoms with Crippen molar-refractivity contribution in [1.82, 2.24) is 39.7 Å². The van der Waals surface area contributed by atoms with Crippen molar-refractivity contribution in [2.45, 2.75) is 77.1 Å². The number of hydrogen-bond acceptors (Lipinski definition) is 10. The van der Waals surface area contributed by atoms with Crippen molar-refractivity contribution in [1.29, 1.82) is 0 Å². The van der Waals surface area contributed by atoms with Gasteiger partial charge in [-0.15, -0.1) is 5.10 Å². The molecule has 0 radical (unpaired) electrons. The Balaban J connectivity index is 1.13. The van der Waals surface area contributed by atoms with E-state index in [1.165, 1.54) is 0 Å². The standard InChI is InChI=1S/C32H40N8O3/c1-32(2)42-29-12-18-41-30(31(29)43-32)24-40-23-28(36-37-40)22-39(21-27-11-5-8-15-35-27)17-16-38(19-25-9-3-6-13-33-25)20-26-10-4-7-14-34-26/h3-11,13-15,23,29-31H,12,16-22,24H2,1-2H3/t29-,30-,31-/m1/s1. The number of rotatable bonds is 13. The highest BCUT2D eigenvalue weighted by molar-refractivity contribution is 5.07. The lowest BCUT2D eigenvalue weighted by Gasteiger charge is -2.31. The van der Waals surface area contributed by atoms with E-state index in [0.29, 0.717) is 26.2 Å². The quantitative estimate of drug-likeness (QED) is 0.232. The zero-order valence-electron chi connectivity index (χ0n) is 24.9. The summed E-state index contributed by atoms with van der Waals surface area (Å²) in [4.78, 5) is 18.5. The maximum atomic E-state index is 6.18. The monoisotopic (exact) mass is 584 g/mol. The summed E-state index contributed by atoms with van der Waals surface area (Å²) in [5, 5.41) is 8.98. The van der Waals surface area contributed by atoms with Gasteiger partial charge in [-0.05, 0) is 56.7 Å². The molecule has 0 N–H and O–H groups in total. The van der Waals surface area contributed by atoms with Gasteiger partial charge >= 0.3 is 0 Å².